The summed E-state index contributed by atoms with van der Waals surface area (Å²) in [5.74, 6) is -0.302. The number of alkyl carbamates (subject to hydrolysis) is 1. The van der Waals surface area contributed by atoms with Gasteiger partial charge in [-0.25, -0.2) is 4.79 Å². The van der Waals surface area contributed by atoms with Crippen molar-refractivity contribution in [2.75, 3.05) is 6.61 Å². The quantitative estimate of drug-likeness (QED) is 0.690. The number of allylic oxidation sites excluding steroid dienone is 1. The van der Waals surface area contributed by atoms with Crippen molar-refractivity contribution in [2.24, 2.45) is 0 Å². The Morgan fingerprint density at radius 1 is 1.50 bits per heavy atom. The van der Waals surface area contributed by atoms with Gasteiger partial charge in [-0.3, -0.25) is 4.79 Å². The molecular formula is C11H19NO4. The van der Waals surface area contributed by atoms with Crippen molar-refractivity contribution in [1.82, 2.24) is 5.32 Å². The highest BCUT2D eigenvalue weighted by molar-refractivity contribution is 5.88. The Bertz CT molecular complexity index is 268. The maximum Gasteiger partial charge on any atom is 0.408 e. The topological polar surface area (TPSA) is 75.6 Å². The van der Waals surface area contributed by atoms with Gasteiger partial charge in [0.25, 0.3) is 0 Å². The lowest BCUT2D eigenvalue weighted by Gasteiger charge is -2.22. The summed E-state index contributed by atoms with van der Waals surface area (Å²) < 4.78 is 4.96. The van der Waals surface area contributed by atoms with E-state index in [1.807, 2.05) is 0 Å². The third kappa shape index (κ3) is 6.19. The summed E-state index contributed by atoms with van der Waals surface area (Å²) in [5.41, 5.74) is -0.633. The fourth-order valence-corrected chi connectivity index (χ4v) is 0.962. The average Bonchev–Trinajstić information content (AvgIpc) is 2.11. The number of ketones is 1. The lowest BCUT2D eigenvalue weighted by molar-refractivity contribution is -0.121. The summed E-state index contributed by atoms with van der Waals surface area (Å²) in [7, 11) is 0. The largest absolute Gasteiger partial charge is 0.444 e. The monoisotopic (exact) mass is 229 g/mol. The van der Waals surface area contributed by atoms with Crippen molar-refractivity contribution in [3.63, 3.8) is 0 Å². The molecule has 2 N–H and O–H groups in total. The highest BCUT2D eigenvalue weighted by Gasteiger charge is 2.22. The number of rotatable bonds is 5. The second-order valence-corrected chi connectivity index (χ2v) is 4.34. The van der Waals surface area contributed by atoms with Gasteiger partial charge in [0.05, 0.1) is 6.61 Å². The first-order valence-electron chi connectivity index (χ1n) is 5.04. The molecule has 0 aliphatic carbocycles. The smallest absolute Gasteiger partial charge is 0.408 e. The molecule has 1 amide bonds. The molecule has 0 aliphatic heterocycles. The van der Waals surface area contributed by atoms with E-state index in [0.29, 0.717) is 0 Å². The van der Waals surface area contributed by atoms with E-state index in [9.17, 15) is 9.59 Å². The zero-order chi connectivity index (χ0) is 12.8. The van der Waals surface area contributed by atoms with Crippen LogP contribution < -0.4 is 5.32 Å². The maximum absolute atomic E-state index is 11.4. The number of nitrogens with one attached hydrogen (secondary N) is 1. The van der Waals surface area contributed by atoms with Crippen LogP contribution in [0, 0.1) is 0 Å². The van der Waals surface area contributed by atoms with Crippen molar-refractivity contribution in [2.45, 2.75) is 38.8 Å². The number of aliphatic hydroxyl groups excluding tert-OH is 1. The van der Waals surface area contributed by atoms with Crippen LogP contribution in [0.5, 0.6) is 0 Å². The molecule has 5 nitrogen and oxygen atoms in total. The van der Waals surface area contributed by atoms with Crippen LogP contribution in [0.25, 0.3) is 0 Å². The standard InChI is InChI=1S/C11H19NO4/c1-5-6-9(14)8(7-13)12-10(15)16-11(2,3)4/h5,8,13H,1,6-7H2,2-4H3,(H,12,15). The predicted molar refractivity (Wildman–Crippen MR) is 60.1 cm³/mol. The molecule has 16 heavy (non-hydrogen) atoms. The van der Waals surface area contributed by atoms with Gasteiger partial charge in [-0.1, -0.05) is 6.08 Å². The number of hydrogen-bond acceptors (Lipinski definition) is 4. The highest BCUT2D eigenvalue weighted by Crippen LogP contribution is 2.07. The second kappa shape index (κ2) is 6.27. The summed E-state index contributed by atoms with van der Waals surface area (Å²) in [6, 6.07) is -0.937. The number of carbonyl (C=O) groups is 2. The number of ether oxygens (including phenoxy) is 1. The van der Waals surface area contributed by atoms with E-state index in [1.54, 1.807) is 20.8 Å². The van der Waals surface area contributed by atoms with E-state index >= 15 is 0 Å². The number of carbonyl (C=O) groups excluding carboxylic acids is 2. The molecule has 5 heteroatoms. The van der Waals surface area contributed by atoms with E-state index in [2.05, 4.69) is 11.9 Å². The Kier molecular flexibility index (Phi) is 5.74. The van der Waals surface area contributed by atoms with E-state index in [4.69, 9.17) is 9.84 Å². The Balaban J connectivity index is 4.27. The van der Waals surface area contributed by atoms with Crippen LogP contribution in [0.15, 0.2) is 12.7 Å². The molecule has 0 aliphatic rings. The number of hydrogen-bond donors (Lipinski definition) is 2. The van der Waals surface area contributed by atoms with Gasteiger partial charge in [0.1, 0.15) is 11.6 Å². The molecule has 0 aromatic carbocycles. The first kappa shape index (κ1) is 14.6. The molecule has 0 heterocycles. The van der Waals surface area contributed by atoms with Gasteiger partial charge in [0.15, 0.2) is 5.78 Å². The molecule has 0 aromatic rings. The van der Waals surface area contributed by atoms with Crippen LogP contribution in [-0.4, -0.2) is 35.2 Å². The summed E-state index contributed by atoms with van der Waals surface area (Å²) in [5, 5.41) is 11.2. The molecule has 0 saturated heterocycles. The van der Waals surface area contributed by atoms with E-state index < -0.39 is 24.3 Å². The molecule has 0 aromatic heterocycles. The van der Waals surface area contributed by atoms with Crippen LogP contribution in [0.2, 0.25) is 0 Å². The molecule has 0 bridgehead atoms. The summed E-state index contributed by atoms with van der Waals surface area (Å²) in [6.07, 6.45) is 0.798. The Morgan fingerprint density at radius 3 is 2.44 bits per heavy atom. The SMILES string of the molecule is C=CCC(=O)C(CO)NC(=O)OC(C)(C)C. The highest BCUT2D eigenvalue weighted by atomic mass is 16.6. The molecule has 0 rings (SSSR count). The van der Waals surface area contributed by atoms with Crippen LogP contribution in [0.3, 0.4) is 0 Å². The zero-order valence-corrected chi connectivity index (χ0v) is 9.95. The minimum atomic E-state index is -0.937. The van der Waals surface area contributed by atoms with Crippen LogP contribution in [-0.2, 0) is 9.53 Å². The van der Waals surface area contributed by atoms with Gasteiger partial charge in [0, 0.05) is 6.42 Å². The van der Waals surface area contributed by atoms with Gasteiger partial charge in [0.2, 0.25) is 0 Å². The van der Waals surface area contributed by atoms with Gasteiger partial charge < -0.3 is 15.2 Å². The van der Waals surface area contributed by atoms with Crippen LogP contribution in [0.1, 0.15) is 27.2 Å². The molecule has 0 radical (unpaired) electrons. The van der Waals surface area contributed by atoms with Gasteiger partial charge >= 0.3 is 6.09 Å². The fourth-order valence-electron chi connectivity index (χ4n) is 0.962. The maximum atomic E-state index is 11.4. The first-order chi connectivity index (χ1) is 7.30. The molecule has 0 saturated carbocycles. The van der Waals surface area contributed by atoms with Crippen molar-refractivity contribution in [3.8, 4) is 0 Å². The second-order valence-electron chi connectivity index (χ2n) is 4.34. The number of aliphatic hydroxyl groups is 1. The van der Waals surface area contributed by atoms with Crippen molar-refractivity contribution >= 4 is 11.9 Å². The molecule has 92 valence electrons. The normalized spacial score (nSPS) is 12.8. The van der Waals surface area contributed by atoms with E-state index in [0.717, 1.165) is 0 Å². The van der Waals surface area contributed by atoms with Crippen LogP contribution >= 0.6 is 0 Å². The number of amides is 1. The Morgan fingerprint density at radius 2 is 2.06 bits per heavy atom. The van der Waals surface area contributed by atoms with E-state index in [1.165, 1.54) is 6.08 Å². The first-order valence-corrected chi connectivity index (χ1v) is 5.04. The average molecular weight is 229 g/mol. The zero-order valence-electron chi connectivity index (χ0n) is 9.95. The van der Waals surface area contributed by atoms with Gasteiger partial charge in [-0.05, 0) is 20.8 Å². The molecule has 1 unspecified atom stereocenters. The molecule has 1 atom stereocenters. The van der Waals surface area contributed by atoms with Gasteiger partial charge in [-0.15, -0.1) is 6.58 Å². The van der Waals surface area contributed by atoms with E-state index in [-0.39, 0.29) is 12.2 Å². The minimum Gasteiger partial charge on any atom is -0.444 e. The third-order valence-corrected chi connectivity index (χ3v) is 1.61. The molecule has 0 fully saturated rings. The Hall–Kier alpha value is -1.36. The van der Waals surface area contributed by atoms with Gasteiger partial charge in [-0.2, -0.15) is 0 Å². The number of Topliss-reactive ketones (excluding diaryl/α,β-unsaturated/α-hetero) is 1. The fraction of sp³-hybridized carbons (Fsp3) is 0.636. The Labute approximate surface area is 95.5 Å². The third-order valence-electron chi connectivity index (χ3n) is 1.61. The minimum absolute atomic E-state index is 0.0982. The summed E-state index contributed by atoms with van der Waals surface area (Å²) in [6.45, 7) is 8.10. The molecule has 0 spiro atoms. The van der Waals surface area contributed by atoms with Crippen LogP contribution in [0.4, 0.5) is 4.79 Å². The summed E-state index contributed by atoms with van der Waals surface area (Å²) in [4.78, 5) is 22.7. The molecular weight excluding hydrogens is 210 g/mol. The van der Waals surface area contributed by atoms with Crippen molar-refractivity contribution in [1.29, 1.82) is 0 Å². The lowest BCUT2D eigenvalue weighted by atomic mass is 10.1. The predicted octanol–water partition coefficient (Wildman–Crippen LogP) is 1.02. The van der Waals surface area contributed by atoms with Crippen molar-refractivity contribution < 1.29 is 19.4 Å². The lowest BCUT2D eigenvalue weighted by Crippen LogP contribution is -2.45. The summed E-state index contributed by atoms with van der Waals surface area (Å²) >= 11 is 0. The van der Waals surface area contributed by atoms with Crippen molar-refractivity contribution in [3.05, 3.63) is 12.7 Å².